The molecule has 4 rings (SSSR count). The number of hydrogen-bond donors (Lipinski definition) is 1. The largest absolute Gasteiger partial charge is 0.335 e. The Morgan fingerprint density at radius 1 is 0.971 bits per heavy atom. The minimum absolute atomic E-state index is 0.126. The Bertz CT molecular complexity index is 1360. The van der Waals surface area contributed by atoms with Crippen molar-refractivity contribution < 1.29 is 14.4 Å². The average Bonchev–Trinajstić information content (AvgIpc) is 2.75. The number of carbonyl (C=O) groups excluding carboxylic acids is 3. The quantitative estimate of drug-likeness (QED) is 0.314. The van der Waals surface area contributed by atoms with Crippen LogP contribution < -0.4 is 10.2 Å². The van der Waals surface area contributed by atoms with Crippen molar-refractivity contribution >= 4 is 57.1 Å². The second kappa shape index (κ2) is 9.57. The highest BCUT2D eigenvalue weighted by molar-refractivity contribution is 9.10. The highest BCUT2D eigenvalue weighted by atomic mass is 79.9. The smallest absolute Gasteiger partial charge is 0.273 e. The third-order valence-electron chi connectivity index (χ3n) is 5.67. The molecular formula is C27H22BrClN2O3. The molecule has 1 fully saturated rings. The third kappa shape index (κ3) is 4.83. The molecule has 172 valence electrons. The zero-order valence-corrected chi connectivity index (χ0v) is 21.3. The summed E-state index contributed by atoms with van der Waals surface area (Å²) < 4.78 is 0.811. The van der Waals surface area contributed by atoms with E-state index in [-0.39, 0.29) is 5.57 Å². The van der Waals surface area contributed by atoms with Gasteiger partial charge in [-0.3, -0.25) is 14.9 Å². The van der Waals surface area contributed by atoms with Gasteiger partial charge in [0.2, 0.25) is 0 Å². The molecule has 3 aromatic carbocycles. The Morgan fingerprint density at radius 3 is 2.38 bits per heavy atom. The van der Waals surface area contributed by atoms with E-state index in [1.807, 2.05) is 18.2 Å². The predicted molar refractivity (Wildman–Crippen MR) is 138 cm³/mol. The lowest BCUT2D eigenvalue weighted by Gasteiger charge is -2.28. The Balaban J connectivity index is 1.77. The van der Waals surface area contributed by atoms with E-state index in [9.17, 15) is 14.4 Å². The van der Waals surface area contributed by atoms with Crippen LogP contribution in [0.4, 0.5) is 10.5 Å². The van der Waals surface area contributed by atoms with Gasteiger partial charge in [0.15, 0.2) is 0 Å². The van der Waals surface area contributed by atoms with Crippen molar-refractivity contribution in [2.45, 2.75) is 27.2 Å². The fourth-order valence-corrected chi connectivity index (χ4v) is 4.67. The summed E-state index contributed by atoms with van der Waals surface area (Å²) >= 11 is 9.69. The molecule has 1 N–H and O–H groups in total. The normalized spacial score (nSPS) is 15.1. The number of imide groups is 2. The van der Waals surface area contributed by atoms with Crippen LogP contribution in [-0.4, -0.2) is 17.8 Å². The van der Waals surface area contributed by atoms with Gasteiger partial charge in [-0.1, -0.05) is 69.0 Å². The second-order valence-corrected chi connectivity index (χ2v) is 9.68. The summed E-state index contributed by atoms with van der Waals surface area (Å²) in [5.41, 5.74) is 5.90. The summed E-state index contributed by atoms with van der Waals surface area (Å²) in [6.45, 7) is 5.82. The molecule has 0 radical (unpaired) electrons. The molecule has 1 aliphatic heterocycles. The molecule has 0 saturated carbocycles. The summed E-state index contributed by atoms with van der Waals surface area (Å²) in [4.78, 5) is 39.6. The lowest BCUT2D eigenvalue weighted by Crippen LogP contribution is -2.54. The molecule has 7 heteroatoms. The number of barbiturate groups is 1. The number of nitrogens with one attached hydrogen (secondary N) is 1. The summed E-state index contributed by atoms with van der Waals surface area (Å²) in [5, 5.41) is 2.70. The Kier molecular flexibility index (Phi) is 6.73. The first-order chi connectivity index (χ1) is 16.1. The van der Waals surface area contributed by atoms with Crippen LogP contribution in [0.1, 0.15) is 33.4 Å². The molecule has 4 amide bonds. The predicted octanol–water partition coefficient (Wildman–Crippen LogP) is 6.28. The minimum atomic E-state index is -0.804. The van der Waals surface area contributed by atoms with Crippen molar-refractivity contribution in [1.29, 1.82) is 0 Å². The number of nitrogens with zero attached hydrogens (tertiary/aromatic N) is 1. The van der Waals surface area contributed by atoms with Crippen LogP contribution in [0.5, 0.6) is 0 Å². The molecule has 1 heterocycles. The topological polar surface area (TPSA) is 66.5 Å². The van der Waals surface area contributed by atoms with Crippen LogP contribution in [0.2, 0.25) is 5.02 Å². The number of anilines is 1. The summed E-state index contributed by atoms with van der Waals surface area (Å²) in [6, 6.07) is 16.2. The van der Waals surface area contributed by atoms with E-state index in [1.54, 1.807) is 31.2 Å². The zero-order chi connectivity index (χ0) is 24.6. The van der Waals surface area contributed by atoms with Crippen molar-refractivity contribution in [2.24, 2.45) is 0 Å². The second-order valence-electron chi connectivity index (χ2n) is 8.36. The zero-order valence-electron chi connectivity index (χ0n) is 18.9. The number of carbonyl (C=O) groups is 3. The minimum Gasteiger partial charge on any atom is -0.273 e. The molecular weight excluding hydrogens is 516 g/mol. The highest BCUT2D eigenvalue weighted by Gasteiger charge is 2.37. The van der Waals surface area contributed by atoms with E-state index >= 15 is 0 Å². The first kappa shape index (κ1) is 23.9. The summed E-state index contributed by atoms with van der Waals surface area (Å²) in [7, 11) is 0. The lowest BCUT2D eigenvalue weighted by atomic mass is 9.95. The SMILES string of the molecule is Cc1cc(C)cc(Cc2ccc(Br)cc2/C=C2\C(=O)NC(=O)N(c3cccc(Cl)c3C)C2=O)c1. The molecule has 0 spiro atoms. The molecule has 0 aliphatic carbocycles. The maximum Gasteiger partial charge on any atom is 0.335 e. The van der Waals surface area contributed by atoms with Gasteiger partial charge in [0.1, 0.15) is 5.57 Å². The summed E-state index contributed by atoms with van der Waals surface area (Å²) in [5.74, 6) is -1.43. The molecule has 3 aromatic rings. The number of aryl methyl sites for hydroxylation is 2. The number of halogens is 2. The highest BCUT2D eigenvalue weighted by Crippen LogP contribution is 2.30. The molecule has 0 unspecified atom stereocenters. The van der Waals surface area contributed by atoms with E-state index in [2.05, 4.69) is 53.3 Å². The number of rotatable bonds is 4. The maximum atomic E-state index is 13.4. The molecule has 34 heavy (non-hydrogen) atoms. The first-order valence-electron chi connectivity index (χ1n) is 10.7. The fraction of sp³-hybridized carbons (Fsp3) is 0.148. The van der Waals surface area contributed by atoms with E-state index < -0.39 is 17.8 Å². The molecule has 5 nitrogen and oxygen atoms in total. The molecule has 0 aromatic heterocycles. The van der Waals surface area contributed by atoms with Crippen molar-refractivity contribution in [1.82, 2.24) is 5.32 Å². The van der Waals surface area contributed by atoms with Crippen molar-refractivity contribution in [3.05, 3.63) is 103 Å². The first-order valence-corrected chi connectivity index (χ1v) is 11.8. The van der Waals surface area contributed by atoms with Crippen LogP contribution in [-0.2, 0) is 16.0 Å². The van der Waals surface area contributed by atoms with Crippen LogP contribution >= 0.6 is 27.5 Å². The number of benzene rings is 3. The Labute approximate surface area is 211 Å². The van der Waals surface area contributed by atoms with Crippen LogP contribution in [0, 0.1) is 20.8 Å². The molecule has 1 saturated heterocycles. The average molecular weight is 538 g/mol. The fourth-order valence-electron chi connectivity index (χ4n) is 4.12. The molecule has 0 atom stereocenters. The van der Waals surface area contributed by atoms with Gasteiger partial charge in [-0.15, -0.1) is 0 Å². The third-order valence-corrected chi connectivity index (χ3v) is 6.57. The van der Waals surface area contributed by atoms with Crippen LogP contribution in [0.25, 0.3) is 6.08 Å². The van der Waals surface area contributed by atoms with E-state index in [1.165, 1.54) is 11.1 Å². The van der Waals surface area contributed by atoms with Gasteiger partial charge in [-0.2, -0.15) is 0 Å². The Hall–Kier alpha value is -3.22. The lowest BCUT2D eigenvalue weighted by molar-refractivity contribution is -0.122. The Morgan fingerprint density at radius 2 is 1.68 bits per heavy atom. The van der Waals surface area contributed by atoms with Gasteiger partial charge < -0.3 is 0 Å². The monoisotopic (exact) mass is 536 g/mol. The van der Waals surface area contributed by atoms with Crippen LogP contribution in [0.15, 0.2) is 64.6 Å². The van der Waals surface area contributed by atoms with Gasteiger partial charge in [0.25, 0.3) is 11.8 Å². The van der Waals surface area contributed by atoms with Gasteiger partial charge in [-0.05, 0) is 79.8 Å². The van der Waals surface area contributed by atoms with Crippen molar-refractivity contribution in [3.63, 3.8) is 0 Å². The molecule has 0 bridgehead atoms. The van der Waals surface area contributed by atoms with Gasteiger partial charge in [0.05, 0.1) is 5.69 Å². The van der Waals surface area contributed by atoms with Gasteiger partial charge in [-0.25, -0.2) is 9.69 Å². The van der Waals surface area contributed by atoms with Gasteiger partial charge >= 0.3 is 6.03 Å². The molecule has 1 aliphatic rings. The summed E-state index contributed by atoms with van der Waals surface area (Å²) in [6.07, 6.45) is 2.17. The number of urea groups is 1. The maximum absolute atomic E-state index is 13.4. The van der Waals surface area contributed by atoms with Crippen molar-refractivity contribution in [3.8, 4) is 0 Å². The standard InChI is InChI=1S/C27H22BrClN2O3/c1-15-9-16(2)11-18(10-15)12-19-7-8-21(28)13-20(19)14-22-25(32)30-27(34)31(26(22)33)24-6-4-5-23(29)17(24)3/h4-11,13-14H,12H2,1-3H3,(H,30,32,34)/b22-14+. The van der Waals surface area contributed by atoms with E-state index in [0.717, 1.165) is 20.5 Å². The van der Waals surface area contributed by atoms with Crippen molar-refractivity contribution in [2.75, 3.05) is 4.90 Å². The van der Waals surface area contributed by atoms with E-state index in [4.69, 9.17) is 11.6 Å². The number of hydrogen-bond acceptors (Lipinski definition) is 3. The number of amides is 4. The van der Waals surface area contributed by atoms with Crippen LogP contribution in [0.3, 0.4) is 0 Å². The van der Waals surface area contributed by atoms with E-state index in [0.29, 0.717) is 28.3 Å². The van der Waals surface area contributed by atoms with Gasteiger partial charge in [0, 0.05) is 9.50 Å².